The maximum Gasteiger partial charge on any atom is 0.0622 e. The van der Waals surface area contributed by atoms with Gasteiger partial charge in [-0.15, -0.1) is 13.2 Å². The minimum absolute atomic E-state index is 0.0867. The summed E-state index contributed by atoms with van der Waals surface area (Å²) in [5.74, 6) is 0. The summed E-state index contributed by atoms with van der Waals surface area (Å²) in [6.45, 7) is 12.6. The zero-order chi connectivity index (χ0) is 12.9. The van der Waals surface area contributed by atoms with Crippen LogP contribution >= 0.6 is 0 Å². The summed E-state index contributed by atoms with van der Waals surface area (Å²) in [6, 6.07) is 0. The van der Waals surface area contributed by atoms with E-state index in [1.807, 2.05) is 0 Å². The number of methoxy groups -OCH3 is 1. The molecule has 1 nitrogen and oxygen atoms in total. The lowest BCUT2D eigenvalue weighted by Crippen LogP contribution is -2.21. The van der Waals surface area contributed by atoms with Crippen LogP contribution in [0.15, 0.2) is 13.2 Å². The van der Waals surface area contributed by atoms with E-state index >= 15 is 0 Å². The standard InChI is InChI=1S/C13H28O.C2H4/c1-5-6-7-8-9-10-11-12-13(2,3)14-4;1-2/h5-12H2,1-4H3;1-2H2. The third-order valence-electron chi connectivity index (χ3n) is 2.93. The van der Waals surface area contributed by atoms with E-state index < -0.39 is 0 Å². The highest BCUT2D eigenvalue weighted by atomic mass is 16.5. The van der Waals surface area contributed by atoms with Crippen molar-refractivity contribution >= 4 is 0 Å². The van der Waals surface area contributed by atoms with E-state index in [9.17, 15) is 0 Å². The maximum atomic E-state index is 5.38. The third kappa shape index (κ3) is 13.7. The molecule has 0 heterocycles. The fourth-order valence-corrected chi connectivity index (χ4v) is 1.61. The highest BCUT2D eigenvalue weighted by Gasteiger charge is 2.14. The second kappa shape index (κ2) is 12.8. The van der Waals surface area contributed by atoms with E-state index in [2.05, 4.69) is 33.9 Å². The molecule has 0 fully saturated rings. The van der Waals surface area contributed by atoms with E-state index in [4.69, 9.17) is 4.74 Å². The van der Waals surface area contributed by atoms with Crippen molar-refractivity contribution in [1.29, 1.82) is 0 Å². The molecule has 0 aromatic rings. The summed E-state index contributed by atoms with van der Waals surface area (Å²) in [6.07, 6.45) is 10.9. The lowest BCUT2D eigenvalue weighted by Gasteiger charge is -2.22. The molecule has 1 heteroatoms. The van der Waals surface area contributed by atoms with Crippen molar-refractivity contribution < 1.29 is 4.74 Å². The Morgan fingerprint density at radius 3 is 1.75 bits per heavy atom. The Morgan fingerprint density at radius 2 is 1.31 bits per heavy atom. The van der Waals surface area contributed by atoms with Gasteiger partial charge < -0.3 is 4.74 Å². The normalized spacial score (nSPS) is 10.8. The van der Waals surface area contributed by atoms with Gasteiger partial charge in [0.25, 0.3) is 0 Å². The number of ether oxygens (including phenoxy) is 1. The average molecular weight is 228 g/mol. The molecule has 0 atom stereocenters. The van der Waals surface area contributed by atoms with Crippen molar-refractivity contribution in [2.75, 3.05) is 7.11 Å². The monoisotopic (exact) mass is 228 g/mol. The molecule has 0 radical (unpaired) electrons. The summed E-state index contributed by atoms with van der Waals surface area (Å²) in [5.41, 5.74) is 0.0867. The van der Waals surface area contributed by atoms with Crippen molar-refractivity contribution in [1.82, 2.24) is 0 Å². The van der Waals surface area contributed by atoms with Crippen LogP contribution in [0, 0.1) is 0 Å². The van der Waals surface area contributed by atoms with Gasteiger partial charge in [0.1, 0.15) is 0 Å². The van der Waals surface area contributed by atoms with Crippen LogP contribution in [0.5, 0.6) is 0 Å². The number of rotatable bonds is 9. The molecule has 0 aliphatic carbocycles. The van der Waals surface area contributed by atoms with Gasteiger partial charge in [0.2, 0.25) is 0 Å². The van der Waals surface area contributed by atoms with Crippen LogP contribution in [0.3, 0.4) is 0 Å². The molecular formula is C15H32O. The van der Waals surface area contributed by atoms with Crippen molar-refractivity contribution in [3.63, 3.8) is 0 Å². The van der Waals surface area contributed by atoms with Crippen molar-refractivity contribution in [2.45, 2.75) is 77.7 Å². The smallest absolute Gasteiger partial charge is 0.0622 e. The lowest BCUT2D eigenvalue weighted by atomic mass is 9.99. The fraction of sp³-hybridized carbons (Fsp3) is 0.867. The Balaban J connectivity index is 0. The SMILES string of the molecule is C=C.CCCCCCCCCC(C)(C)OC. The van der Waals surface area contributed by atoms with Gasteiger partial charge in [0.05, 0.1) is 5.60 Å². The maximum absolute atomic E-state index is 5.38. The first-order chi connectivity index (χ1) is 7.62. The number of unbranched alkanes of at least 4 members (excludes halogenated alkanes) is 6. The molecule has 0 bridgehead atoms. The largest absolute Gasteiger partial charge is 0.379 e. The van der Waals surface area contributed by atoms with Crippen molar-refractivity contribution in [2.24, 2.45) is 0 Å². The molecule has 98 valence electrons. The summed E-state index contributed by atoms with van der Waals surface area (Å²) in [7, 11) is 1.81. The van der Waals surface area contributed by atoms with E-state index in [0.717, 1.165) is 0 Å². The summed E-state index contributed by atoms with van der Waals surface area (Å²) in [4.78, 5) is 0. The zero-order valence-electron chi connectivity index (χ0n) is 12.0. The number of hydrogen-bond acceptors (Lipinski definition) is 1. The van der Waals surface area contributed by atoms with Crippen LogP contribution in [0.4, 0.5) is 0 Å². The van der Waals surface area contributed by atoms with Crippen LogP contribution in [-0.4, -0.2) is 12.7 Å². The van der Waals surface area contributed by atoms with E-state index in [0.29, 0.717) is 0 Å². The molecule has 0 aliphatic heterocycles. The minimum atomic E-state index is 0.0867. The molecule has 0 rings (SSSR count). The molecule has 16 heavy (non-hydrogen) atoms. The van der Waals surface area contributed by atoms with Crippen molar-refractivity contribution in [3.05, 3.63) is 13.2 Å². The van der Waals surface area contributed by atoms with Gasteiger partial charge in [-0.25, -0.2) is 0 Å². The lowest BCUT2D eigenvalue weighted by molar-refractivity contribution is 0.0134. The van der Waals surface area contributed by atoms with E-state index in [-0.39, 0.29) is 5.60 Å². The zero-order valence-corrected chi connectivity index (χ0v) is 12.0. The van der Waals surface area contributed by atoms with Crippen LogP contribution < -0.4 is 0 Å². The highest BCUT2D eigenvalue weighted by molar-refractivity contribution is 4.67. The van der Waals surface area contributed by atoms with Gasteiger partial charge in [-0.3, -0.25) is 0 Å². The molecule has 0 amide bonds. The molecule has 0 unspecified atom stereocenters. The Hall–Kier alpha value is -0.300. The second-order valence-electron chi connectivity index (χ2n) is 4.84. The molecular weight excluding hydrogens is 196 g/mol. The van der Waals surface area contributed by atoms with Crippen LogP contribution in [0.2, 0.25) is 0 Å². The number of hydrogen-bond donors (Lipinski definition) is 0. The van der Waals surface area contributed by atoms with Gasteiger partial charge in [-0.05, 0) is 20.3 Å². The van der Waals surface area contributed by atoms with Gasteiger partial charge in [-0.2, -0.15) is 0 Å². The Morgan fingerprint density at radius 1 is 0.875 bits per heavy atom. The Labute approximate surface area is 103 Å². The van der Waals surface area contributed by atoms with Gasteiger partial charge in [-0.1, -0.05) is 51.9 Å². The van der Waals surface area contributed by atoms with Crippen LogP contribution in [-0.2, 0) is 4.74 Å². The van der Waals surface area contributed by atoms with Gasteiger partial charge in [0.15, 0.2) is 0 Å². The molecule has 0 saturated carbocycles. The van der Waals surface area contributed by atoms with Gasteiger partial charge in [0, 0.05) is 7.11 Å². The predicted molar refractivity (Wildman–Crippen MR) is 75.0 cm³/mol. The topological polar surface area (TPSA) is 9.23 Å². The Bertz CT molecular complexity index is 129. The van der Waals surface area contributed by atoms with Gasteiger partial charge >= 0.3 is 0 Å². The van der Waals surface area contributed by atoms with Crippen molar-refractivity contribution in [3.8, 4) is 0 Å². The predicted octanol–water partition coefficient (Wildman–Crippen LogP) is 5.35. The van der Waals surface area contributed by atoms with Crippen LogP contribution in [0.1, 0.15) is 72.1 Å². The first kappa shape index (κ1) is 18.1. The molecule has 0 saturated heterocycles. The van der Waals surface area contributed by atoms with Crippen LogP contribution in [0.25, 0.3) is 0 Å². The van der Waals surface area contributed by atoms with E-state index in [1.165, 1.54) is 51.4 Å². The molecule has 0 spiro atoms. The summed E-state index contributed by atoms with van der Waals surface area (Å²) >= 11 is 0. The quantitative estimate of drug-likeness (QED) is 0.381. The van der Waals surface area contributed by atoms with E-state index in [1.54, 1.807) is 7.11 Å². The molecule has 0 aromatic heterocycles. The average Bonchev–Trinajstić information content (AvgIpc) is 2.30. The molecule has 0 N–H and O–H groups in total. The first-order valence-corrected chi connectivity index (χ1v) is 6.67. The molecule has 0 aliphatic rings. The Kier molecular flexibility index (Phi) is 14.4. The molecule has 0 aromatic carbocycles. The summed E-state index contributed by atoms with van der Waals surface area (Å²) < 4.78 is 5.38. The third-order valence-corrected chi connectivity index (χ3v) is 2.93. The highest BCUT2D eigenvalue weighted by Crippen LogP contribution is 2.18. The minimum Gasteiger partial charge on any atom is -0.379 e. The second-order valence-corrected chi connectivity index (χ2v) is 4.84. The first-order valence-electron chi connectivity index (χ1n) is 6.67. The fourth-order valence-electron chi connectivity index (χ4n) is 1.61. The summed E-state index contributed by atoms with van der Waals surface area (Å²) in [5, 5.41) is 0.